The number of rotatable bonds is 4. The topological polar surface area (TPSA) is 22.1 Å². The van der Waals surface area contributed by atoms with Crippen LogP contribution in [0.3, 0.4) is 0 Å². The Balaban J connectivity index is 2.62. The SMILES string of the molecule is Cc1ccncc1OCC(F)(F)C(F)F. The van der Waals surface area contributed by atoms with Crippen molar-refractivity contribution in [3.05, 3.63) is 24.0 Å². The molecule has 0 atom stereocenters. The molecule has 0 saturated heterocycles. The van der Waals surface area contributed by atoms with Crippen LogP contribution in [0.25, 0.3) is 0 Å². The first kappa shape index (κ1) is 11.7. The Kier molecular flexibility index (Phi) is 3.49. The van der Waals surface area contributed by atoms with Crippen molar-refractivity contribution in [2.45, 2.75) is 19.3 Å². The number of hydrogen-bond acceptors (Lipinski definition) is 2. The summed E-state index contributed by atoms with van der Waals surface area (Å²) >= 11 is 0. The first-order valence-corrected chi connectivity index (χ1v) is 4.13. The predicted octanol–water partition coefficient (Wildman–Crippen LogP) is 2.67. The number of ether oxygens (including phenoxy) is 1. The van der Waals surface area contributed by atoms with E-state index in [4.69, 9.17) is 0 Å². The van der Waals surface area contributed by atoms with Crippen molar-refractivity contribution in [2.75, 3.05) is 6.61 Å². The van der Waals surface area contributed by atoms with E-state index in [1.807, 2.05) is 0 Å². The highest BCUT2D eigenvalue weighted by molar-refractivity contribution is 5.27. The summed E-state index contributed by atoms with van der Waals surface area (Å²) in [5, 5.41) is 0. The highest BCUT2D eigenvalue weighted by Crippen LogP contribution is 2.25. The number of pyridine rings is 1. The molecule has 0 aliphatic rings. The largest absolute Gasteiger partial charge is 0.485 e. The van der Waals surface area contributed by atoms with Gasteiger partial charge in [-0.1, -0.05) is 0 Å². The van der Waals surface area contributed by atoms with E-state index >= 15 is 0 Å². The first-order valence-electron chi connectivity index (χ1n) is 4.13. The van der Waals surface area contributed by atoms with E-state index < -0.39 is 19.0 Å². The van der Waals surface area contributed by atoms with Gasteiger partial charge in [-0.05, 0) is 18.6 Å². The Morgan fingerprint density at radius 3 is 2.67 bits per heavy atom. The minimum atomic E-state index is -4.14. The monoisotopic (exact) mass is 223 g/mol. The summed E-state index contributed by atoms with van der Waals surface area (Å²) in [7, 11) is 0. The van der Waals surface area contributed by atoms with Crippen LogP contribution < -0.4 is 4.74 Å². The summed E-state index contributed by atoms with van der Waals surface area (Å²) in [4.78, 5) is 3.63. The number of hydrogen-bond donors (Lipinski definition) is 0. The van der Waals surface area contributed by atoms with Crippen LogP contribution in [0.2, 0.25) is 0 Å². The molecular formula is C9H9F4NO. The summed E-state index contributed by atoms with van der Waals surface area (Å²) in [6.45, 7) is 0.259. The quantitative estimate of drug-likeness (QED) is 0.732. The summed E-state index contributed by atoms with van der Waals surface area (Å²) in [5.74, 6) is -4.06. The standard InChI is InChI=1S/C9H9F4NO/c1-6-2-3-14-4-7(6)15-5-9(12,13)8(10)11/h2-4,8H,5H2,1H3. The molecule has 1 aromatic rings. The lowest BCUT2D eigenvalue weighted by molar-refractivity contribution is -0.148. The summed E-state index contributed by atoms with van der Waals surface area (Å²) < 4.78 is 53.0. The highest BCUT2D eigenvalue weighted by Gasteiger charge is 2.41. The molecule has 2 nitrogen and oxygen atoms in total. The third-order valence-electron chi connectivity index (χ3n) is 1.73. The fraction of sp³-hybridized carbons (Fsp3) is 0.444. The predicted molar refractivity (Wildman–Crippen MR) is 45.4 cm³/mol. The van der Waals surface area contributed by atoms with Crippen LogP contribution in [-0.2, 0) is 0 Å². The molecule has 15 heavy (non-hydrogen) atoms. The van der Waals surface area contributed by atoms with Gasteiger partial charge in [0.2, 0.25) is 0 Å². The van der Waals surface area contributed by atoms with Gasteiger partial charge in [-0.3, -0.25) is 4.98 Å². The Morgan fingerprint density at radius 1 is 1.47 bits per heavy atom. The Hall–Kier alpha value is -1.33. The fourth-order valence-corrected chi connectivity index (χ4v) is 0.838. The lowest BCUT2D eigenvalue weighted by Gasteiger charge is -2.16. The molecular weight excluding hydrogens is 214 g/mol. The van der Waals surface area contributed by atoms with Gasteiger partial charge in [0, 0.05) is 6.20 Å². The lowest BCUT2D eigenvalue weighted by atomic mass is 10.3. The van der Waals surface area contributed by atoms with Crippen LogP contribution >= 0.6 is 0 Å². The van der Waals surface area contributed by atoms with Crippen LogP contribution in [0.1, 0.15) is 5.56 Å². The second kappa shape index (κ2) is 4.46. The molecule has 0 aliphatic heterocycles. The molecule has 6 heteroatoms. The fourth-order valence-electron chi connectivity index (χ4n) is 0.838. The molecule has 1 rings (SSSR count). The zero-order valence-corrected chi connectivity index (χ0v) is 7.88. The second-order valence-corrected chi connectivity index (χ2v) is 2.99. The lowest BCUT2D eigenvalue weighted by Crippen LogP contribution is -2.33. The Bertz CT molecular complexity index is 330. The van der Waals surface area contributed by atoms with Gasteiger partial charge in [-0.15, -0.1) is 0 Å². The Morgan fingerprint density at radius 2 is 2.13 bits per heavy atom. The van der Waals surface area contributed by atoms with Crippen LogP contribution in [0.15, 0.2) is 18.5 Å². The van der Waals surface area contributed by atoms with Gasteiger partial charge in [0.25, 0.3) is 0 Å². The first-order chi connectivity index (χ1) is 6.93. The summed E-state index contributed by atoms with van der Waals surface area (Å²) in [6, 6.07) is 1.54. The molecule has 0 N–H and O–H groups in total. The van der Waals surface area contributed by atoms with E-state index in [1.165, 1.54) is 18.5 Å². The second-order valence-electron chi connectivity index (χ2n) is 2.99. The van der Waals surface area contributed by atoms with E-state index in [2.05, 4.69) is 9.72 Å². The number of aryl methyl sites for hydroxylation is 1. The molecule has 0 unspecified atom stereocenters. The van der Waals surface area contributed by atoms with Gasteiger partial charge < -0.3 is 4.74 Å². The van der Waals surface area contributed by atoms with Gasteiger partial charge >= 0.3 is 12.3 Å². The molecule has 84 valence electrons. The van der Waals surface area contributed by atoms with Crippen LogP contribution in [0.5, 0.6) is 5.75 Å². The van der Waals surface area contributed by atoms with E-state index in [-0.39, 0.29) is 5.75 Å². The maximum atomic E-state index is 12.5. The highest BCUT2D eigenvalue weighted by atomic mass is 19.3. The number of halogens is 4. The van der Waals surface area contributed by atoms with Crippen molar-refractivity contribution in [1.29, 1.82) is 0 Å². The van der Waals surface area contributed by atoms with E-state index in [9.17, 15) is 17.6 Å². The van der Waals surface area contributed by atoms with Crippen molar-refractivity contribution < 1.29 is 22.3 Å². The van der Waals surface area contributed by atoms with Gasteiger partial charge in [0.05, 0.1) is 6.20 Å². The number of nitrogens with zero attached hydrogens (tertiary/aromatic N) is 1. The van der Waals surface area contributed by atoms with Gasteiger partial charge in [-0.2, -0.15) is 8.78 Å². The van der Waals surface area contributed by atoms with Gasteiger partial charge in [0.15, 0.2) is 6.61 Å². The molecule has 0 radical (unpaired) electrons. The third kappa shape index (κ3) is 3.07. The van der Waals surface area contributed by atoms with Crippen LogP contribution in [0, 0.1) is 6.92 Å². The number of alkyl halides is 4. The summed E-state index contributed by atoms with van der Waals surface area (Å²) in [6.07, 6.45) is -1.07. The zero-order valence-electron chi connectivity index (χ0n) is 7.88. The molecule has 0 aromatic carbocycles. The third-order valence-corrected chi connectivity index (χ3v) is 1.73. The van der Waals surface area contributed by atoms with Gasteiger partial charge in [-0.25, -0.2) is 8.78 Å². The number of aromatic nitrogens is 1. The van der Waals surface area contributed by atoms with E-state index in [1.54, 1.807) is 6.92 Å². The maximum Gasteiger partial charge on any atom is 0.340 e. The van der Waals surface area contributed by atoms with Gasteiger partial charge in [0.1, 0.15) is 5.75 Å². The Labute approximate surface area is 83.9 Å². The van der Waals surface area contributed by atoms with Crippen LogP contribution in [-0.4, -0.2) is 23.9 Å². The molecule has 0 aliphatic carbocycles. The average Bonchev–Trinajstić information content (AvgIpc) is 2.16. The minimum absolute atomic E-state index is 0.0813. The average molecular weight is 223 g/mol. The normalized spacial score (nSPS) is 11.9. The molecule has 0 saturated carbocycles. The van der Waals surface area contributed by atoms with Crippen molar-refractivity contribution in [3.63, 3.8) is 0 Å². The zero-order chi connectivity index (χ0) is 11.5. The summed E-state index contributed by atoms with van der Waals surface area (Å²) in [5.41, 5.74) is 0.565. The minimum Gasteiger partial charge on any atom is -0.485 e. The molecule has 1 aromatic heterocycles. The van der Waals surface area contributed by atoms with Crippen LogP contribution in [0.4, 0.5) is 17.6 Å². The molecule has 0 spiro atoms. The van der Waals surface area contributed by atoms with Crippen molar-refractivity contribution in [2.24, 2.45) is 0 Å². The van der Waals surface area contributed by atoms with E-state index in [0.717, 1.165) is 0 Å². The molecule has 0 fully saturated rings. The maximum absolute atomic E-state index is 12.5. The molecule has 0 bridgehead atoms. The van der Waals surface area contributed by atoms with Crippen molar-refractivity contribution >= 4 is 0 Å². The molecule has 0 amide bonds. The smallest absolute Gasteiger partial charge is 0.340 e. The van der Waals surface area contributed by atoms with Crippen molar-refractivity contribution in [3.8, 4) is 5.75 Å². The van der Waals surface area contributed by atoms with E-state index in [0.29, 0.717) is 5.56 Å². The van der Waals surface area contributed by atoms with Crippen molar-refractivity contribution in [1.82, 2.24) is 4.98 Å². The molecule has 1 heterocycles.